The number of carbonyl (C=O) groups excluding carboxylic acids is 1. The summed E-state index contributed by atoms with van der Waals surface area (Å²) in [4.78, 5) is 11.8. The van der Waals surface area contributed by atoms with E-state index in [2.05, 4.69) is 20.9 Å². The van der Waals surface area contributed by atoms with Gasteiger partial charge in [-0.3, -0.25) is 4.79 Å². The molecule has 0 radical (unpaired) electrons. The first-order chi connectivity index (χ1) is 8.70. The molecule has 2 rings (SSSR count). The Balaban J connectivity index is 1.82. The summed E-state index contributed by atoms with van der Waals surface area (Å²) in [6.45, 7) is 6.72. The first-order valence-electron chi connectivity index (χ1n) is 6.23. The number of hydrogen-bond donors (Lipinski definition) is 2. The fourth-order valence-corrected chi connectivity index (χ4v) is 1.69. The highest BCUT2D eigenvalue weighted by molar-refractivity contribution is 5.91. The third kappa shape index (κ3) is 3.05. The maximum Gasteiger partial charge on any atom is 0.273 e. The van der Waals surface area contributed by atoms with Gasteiger partial charge in [0.25, 0.3) is 5.91 Å². The zero-order chi connectivity index (χ0) is 13.0. The van der Waals surface area contributed by atoms with Crippen LogP contribution in [0.15, 0.2) is 6.20 Å². The molecule has 2 N–H and O–H groups in total. The van der Waals surface area contributed by atoms with E-state index in [9.17, 15) is 4.79 Å². The van der Waals surface area contributed by atoms with Crippen molar-refractivity contribution in [1.82, 2.24) is 25.6 Å². The maximum absolute atomic E-state index is 11.8. The number of amides is 1. The van der Waals surface area contributed by atoms with Crippen LogP contribution in [-0.4, -0.2) is 53.2 Å². The molecule has 1 unspecified atom stereocenters. The molecule has 1 aliphatic heterocycles. The lowest BCUT2D eigenvalue weighted by Gasteiger charge is -2.26. The molecule has 1 aromatic rings. The van der Waals surface area contributed by atoms with Gasteiger partial charge in [-0.05, 0) is 13.8 Å². The topological polar surface area (TPSA) is 81.1 Å². The average molecular weight is 253 g/mol. The summed E-state index contributed by atoms with van der Waals surface area (Å²) >= 11 is 0. The lowest BCUT2D eigenvalue weighted by Crippen LogP contribution is -2.43. The summed E-state index contributed by atoms with van der Waals surface area (Å²) in [5, 5.41) is 13.8. The molecule has 2 heterocycles. The van der Waals surface area contributed by atoms with Gasteiger partial charge in [0.15, 0.2) is 5.69 Å². The van der Waals surface area contributed by atoms with Crippen LogP contribution in [0.1, 0.15) is 30.4 Å². The van der Waals surface area contributed by atoms with E-state index in [4.69, 9.17) is 4.74 Å². The highest BCUT2D eigenvalue weighted by Gasteiger charge is 2.21. The molecule has 1 saturated heterocycles. The molecule has 1 fully saturated rings. The third-order valence-corrected chi connectivity index (χ3v) is 2.88. The molecule has 0 spiro atoms. The second-order valence-electron chi connectivity index (χ2n) is 4.37. The predicted octanol–water partition coefficient (Wildman–Crippen LogP) is -0.423. The van der Waals surface area contributed by atoms with E-state index in [1.807, 2.05) is 13.8 Å². The smallest absolute Gasteiger partial charge is 0.273 e. The number of hydrogen-bond acceptors (Lipinski definition) is 5. The first kappa shape index (κ1) is 13.0. The molecule has 1 atom stereocenters. The molecule has 1 aliphatic rings. The number of carbonyl (C=O) groups is 1. The van der Waals surface area contributed by atoms with E-state index in [0.29, 0.717) is 24.9 Å². The average Bonchev–Trinajstić information content (AvgIpc) is 2.73. The van der Waals surface area contributed by atoms with Crippen LogP contribution in [-0.2, 0) is 4.74 Å². The van der Waals surface area contributed by atoms with Crippen molar-refractivity contribution < 1.29 is 9.53 Å². The molecule has 100 valence electrons. The SMILES string of the molecule is CCOC(C)CNC(=O)c1cn(C2CNC2)nn1. The third-order valence-electron chi connectivity index (χ3n) is 2.88. The number of rotatable bonds is 6. The Kier molecular flexibility index (Phi) is 4.27. The fourth-order valence-electron chi connectivity index (χ4n) is 1.69. The van der Waals surface area contributed by atoms with E-state index in [1.165, 1.54) is 0 Å². The van der Waals surface area contributed by atoms with Gasteiger partial charge in [0.05, 0.1) is 18.3 Å². The van der Waals surface area contributed by atoms with Gasteiger partial charge in [-0.2, -0.15) is 0 Å². The summed E-state index contributed by atoms with van der Waals surface area (Å²) < 4.78 is 7.07. The van der Waals surface area contributed by atoms with Crippen LogP contribution in [0.25, 0.3) is 0 Å². The van der Waals surface area contributed by atoms with Crippen molar-refractivity contribution in [2.45, 2.75) is 26.0 Å². The molecule has 7 nitrogen and oxygen atoms in total. The number of nitrogens with one attached hydrogen (secondary N) is 2. The molecule has 0 bridgehead atoms. The van der Waals surface area contributed by atoms with Gasteiger partial charge >= 0.3 is 0 Å². The van der Waals surface area contributed by atoms with E-state index < -0.39 is 0 Å². The summed E-state index contributed by atoms with van der Waals surface area (Å²) in [6.07, 6.45) is 1.69. The second kappa shape index (κ2) is 5.92. The predicted molar refractivity (Wildman–Crippen MR) is 65.3 cm³/mol. The van der Waals surface area contributed by atoms with Crippen LogP contribution in [0, 0.1) is 0 Å². The molecule has 18 heavy (non-hydrogen) atoms. The summed E-state index contributed by atoms with van der Waals surface area (Å²) in [6, 6.07) is 0.321. The number of aromatic nitrogens is 3. The van der Waals surface area contributed by atoms with Gasteiger partial charge in [0, 0.05) is 26.2 Å². The lowest BCUT2D eigenvalue weighted by molar-refractivity contribution is 0.0693. The zero-order valence-corrected chi connectivity index (χ0v) is 10.7. The van der Waals surface area contributed by atoms with Crippen molar-refractivity contribution in [2.24, 2.45) is 0 Å². The van der Waals surface area contributed by atoms with Crippen molar-refractivity contribution in [1.29, 1.82) is 0 Å². The molecular formula is C11H19N5O2. The minimum absolute atomic E-state index is 0.00447. The van der Waals surface area contributed by atoms with E-state index >= 15 is 0 Å². The normalized spacial score (nSPS) is 17.2. The summed E-state index contributed by atoms with van der Waals surface area (Å²) in [5.41, 5.74) is 0.352. The van der Waals surface area contributed by atoms with Crippen LogP contribution in [0.5, 0.6) is 0 Å². The first-order valence-corrected chi connectivity index (χ1v) is 6.23. The van der Waals surface area contributed by atoms with E-state index in [1.54, 1.807) is 10.9 Å². The van der Waals surface area contributed by atoms with Gasteiger partial charge in [-0.25, -0.2) is 4.68 Å². The van der Waals surface area contributed by atoms with Gasteiger partial charge in [-0.15, -0.1) is 5.10 Å². The highest BCUT2D eigenvalue weighted by atomic mass is 16.5. The van der Waals surface area contributed by atoms with Crippen LogP contribution < -0.4 is 10.6 Å². The van der Waals surface area contributed by atoms with Gasteiger partial charge < -0.3 is 15.4 Å². The molecule has 7 heteroatoms. The Labute approximate surface area is 106 Å². The Bertz CT molecular complexity index is 402. The van der Waals surface area contributed by atoms with Crippen molar-refractivity contribution in [2.75, 3.05) is 26.2 Å². The lowest BCUT2D eigenvalue weighted by atomic mass is 10.2. The van der Waals surface area contributed by atoms with Crippen molar-refractivity contribution in [3.05, 3.63) is 11.9 Å². The van der Waals surface area contributed by atoms with Crippen LogP contribution >= 0.6 is 0 Å². The minimum Gasteiger partial charge on any atom is -0.377 e. The van der Waals surface area contributed by atoms with E-state index in [0.717, 1.165) is 13.1 Å². The van der Waals surface area contributed by atoms with Gasteiger partial charge in [-0.1, -0.05) is 5.21 Å². The zero-order valence-electron chi connectivity index (χ0n) is 10.7. The molecule has 0 aliphatic carbocycles. The second-order valence-corrected chi connectivity index (χ2v) is 4.37. The van der Waals surface area contributed by atoms with Crippen molar-refractivity contribution in [3.8, 4) is 0 Å². The van der Waals surface area contributed by atoms with Gasteiger partial charge in [0.1, 0.15) is 0 Å². The molecule has 1 amide bonds. The Morgan fingerprint density at radius 3 is 3.11 bits per heavy atom. The Hall–Kier alpha value is -1.47. The summed E-state index contributed by atoms with van der Waals surface area (Å²) in [7, 11) is 0. The highest BCUT2D eigenvalue weighted by Crippen LogP contribution is 2.09. The minimum atomic E-state index is -0.208. The maximum atomic E-state index is 11.8. The van der Waals surface area contributed by atoms with Crippen molar-refractivity contribution >= 4 is 5.91 Å². The van der Waals surface area contributed by atoms with Gasteiger partial charge in [0.2, 0.25) is 0 Å². The van der Waals surface area contributed by atoms with E-state index in [-0.39, 0.29) is 12.0 Å². The van der Waals surface area contributed by atoms with Crippen molar-refractivity contribution in [3.63, 3.8) is 0 Å². The molecule has 0 aromatic carbocycles. The van der Waals surface area contributed by atoms with Crippen LogP contribution in [0.3, 0.4) is 0 Å². The molecular weight excluding hydrogens is 234 g/mol. The quantitative estimate of drug-likeness (QED) is 0.719. The Morgan fingerprint density at radius 1 is 1.72 bits per heavy atom. The fraction of sp³-hybridized carbons (Fsp3) is 0.727. The summed E-state index contributed by atoms with van der Waals surface area (Å²) in [5.74, 6) is -0.208. The monoisotopic (exact) mass is 253 g/mol. The van der Waals surface area contributed by atoms with Crippen LogP contribution in [0.4, 0.5) is 0 Å². The largest absolute Gasteiger partial charge is 0.377 e. The molecule has 1 aromatic heterocycles. The Morgan fingerprint density at radius 2 is 2.50 bits per heavy atom. The standard InChI is InChI=1S/C11H19N5O2/c1-3-18-8(2)4-13-11(17)10-7-16(15-14-10)9-5-12-6-9/h7-9,12H,3-6H2,1-2H3,(H,13,17). The number of nitrogens with zero attached hydrogens (tertiary/aromatic N) is 3. The van der Waals surface area contributed by atoms with Crippen LogP contribution in [0.2, 0.25) is 0 Å². The molecule has 0 saturated carbocycles. The number of ether oxygens (including phenoxy) is 1.